The lowest BCUT2D eigenvalue weighted by Gasteiger charge is -2.19. The highest BCUT2D eigenvalue weighted by Crippen LogP contribution is 2.24. The molecule has 132 valence electrons. The van der Waals surface area contributed by atoms with Gasteiger partial charge >= 0.3 is 5.97 Å². The van der Waals surface area contributed by atoms with Gasteiger partial charge in [-0.05, 0) is 41.3 Å². The summed E-state index contributed by atoms with van der Waals surface area (Å²) in [5, 5.41) is 11.7. The second kappa shape index (κ2) is 7.57. The number of nitrogens with one attached hydrogen (secondary N) is 1. The van der Waals surface area contributed by atoms with Crippen molar-refractivity contribution in [1.82, 2.24) is 0 Å². The predicted octanol–water partition coefficient (Wildman–Crippen LogP) is 4.35. The number of anilines is 1. The molecule has 2 aromatic rings. The summed E-state index contributed by atoms with van der Waals surface area (Å²) in [6.07, 6.45) is 0. The van der Waals surface area contributed by atoms with Gasteiger partial charge in [0, 0.05) is 5.69 Å². The fraction of sp³-hybridized carbons (Fsp3) is 0.263. The van der Waals surface area contributed by atoms with Crippen LogP contribution in [0.15, 0.2) is 42.5 Å². The third-order valence-corrected chi connectivity index (χ3v) is 3.90. The number of carbonyl (C=O) groups excluding carboxylic acids is 1. The number of halogens is 1. The molecule has 0 bridgehead atoms. The molecule has 0 aromatic heterocycles. The van der Waals surface area contributed by atoms with Gasteiger partial charge in [-0.2, -0.15) is 0 Å². The van der Waals surface area contributed by atoms with E-state index in [9.17, 15) is 9.59 Å². The molecule has 2 N–H and O–H groups in total. The molecule has 25 heavy (non-hydrogen) atoms. The molecule has 0 saturated heterocycles. The van der Waals surface area contributed by atoms with Crippen LogP contribution in [0.25, 0.3) is 0 Å². The van der Waals surface area contributed by atoms with Gasteiger partial charge < -0.3 is 15.2 Å². The molecule has 0 aliphatic carbocycles. The average molecular weight is 362 g/mol. The normalized spacial score (nSPS) is 11.0. The molecule has 6 heteroatoms. The van der Waals surface area contributed by atoms with Crippen molar-refractivity contribution in [2.24, 2.45) is 0 Å². The first-order chi connectivity index (χ1) is 11.7. The number of rotatable bonds is 5. The van der Waals surface area contributed by atoms with Crippen LogP contribution in [0, 0.1) is 0 Å². The average Bonchev–Trinajstić information content (AvgIpc) is 2.54. The van der Waals surface area contributed by atoms with Crippen molar-refractivity contribution >= 4 is 29.2 Å². The summed E-state index contributed by atoms with van der Waals surface area (Å²) < 4.78 is 5.45. The van der Waals surface area contributed by atoms with E-state index < -0.39 is 11.9 Å². The summed E-state index contributed by atoms with van der Waals surface area (Å²) in [5.41, 5.74) is 1.50. The molecular weight excluding hydrogens is 342 g/mol. The Bertz CT molecular complexity index is 779. The van der Waals surface area contributed by atoms with Crippen molar-refractivity contribution in [1.29, 1.82) is 0 Å². The number of carbonyl (C=O) groups is 2. The maximum atomic E-state index is 12.0. The van der Waals surface area contributed by atoms with Gasteiger partial charge in [-0.3, -0.25) is 4.79 Å². The molecule has 2 aromatic carbocycles. The third kappa shape index (κ3) is 5.22. The summed E-state index contributed by atoms with van der Waals surface area (Å²) in [7, 11) is 0. The maximum absolute atomic E-state index is 12.0. The van der Waals surface area contributed by atoms with Crippen LogP contribution in [0.3, 0.4) is 0 Å². The largest absolute Gasteiger partial charge is 0.484 e. The van der Waals surface area contributed by atoms with Crippen LogP contribution in [0.1, 0.15) is 36.7 Å². The Labute approximate surface area is 151 Å². The van der Waals surface area contributed by atoms with Crippen molar-refractivity contribution in [2.75, 3.05) is 11.9 Å². The molecule has 2 rings (SSSR count). The van der Waals surface area contributed by atoms with Gasteiger partial charge in [0.15, 0.2) is 6.61 Å². The number of benzene rings is 2. The third-order valence-electron chi connectivity index (χ3n) is 3.57. The van der Waals surface area contributed by atoms with E-state index in [1.165, 1.54) is 23.8 Å². The Balaban J connectivity index is 1.95. The van der Waals surface area contributed by atoms with Gasteiger partial charge in [0.25, 0.3) is 5.91 Å². The van der Waals surface area contributed by atoms with E-state index in [4.69, 9.17) is 21.4 Å². The van der Waals surface area contributed by atoms with E-state index >= 15 is 0 Å². The Morgan fingerprint density at radius 3 is 2.32 bits per heavy atom. The molecular formula is C19H20ClNO4. The Kier molecular flexibility index (Phi) is 5.69. The maximum Gasteiger partial charge on any atom is 0.337 e. The second-order valence-corrected chi connectivity index (χ2v) is 7.02. The van der Waals surface area contributed by atoms with Crippen LogP contribution < -0.4 is 10.1 Å². The first-order valence-electron chi connectivity index (χ1n) is 7.73. The van der Waals surface area contributed by atoms with E-state index in [0.717, 1.165) is 0 Å². The van der Waals surface area contributed by atoms with Crippen molar-refractivity contribution in [3.63, 3.8) is 0 Å². The van der Waals surface area contributed by atoms with E-state index in [1.54, 1.807) is 0 Å². The van der Waals surface area contributed by atoms with Gasteiger partial charge in [-0.1, -0.05) is 44.5 Å². The number of amides is 1. The summed E-state index contributed by atoms with van der Waals surface area (Å²) in [6, 6.07) is 11.8. The van der Waals surface area contributed by atoms with E-state index in [0.29, 0.717) is 11.4 Å². The monoisotopic (exact) mass is 361 g/mol. The van der Waals surface area contributed by atoms with Crippen LogP contribution in [0.2, 0.25) is 5.02 Å². The molecule has 0 unspecified atom stereocenters. The Morgan fingerprint density at radius 1 is 1.12 bits per heavy atom. The van der Waals surface area contributed by atoms with Crippen molar-refractivity contribution in [3.8, 4) is 5.75 Å². The number of carboxylic acid groups (broad SMARTS) is 1. The first kappa shape index (κ1) is 18.8. The smallest absolute Gasteiger partial charge is 0.337 e. The molecule has 1 amide bonds. The minimum atomic E-state index is -1.16. The second-order valence-electron chi connectivity index (χ2n) is 6.61. The summed E-state index contributed by atoms with van der Waals surface area (Å²) in [4.78, 5) is 23.0. The van der Waals surface area contributed by atoms with Crippen molar-refractivity contribution in [2.45, 2.75) is 26.2 Å². The van der Waals surface area contributed by atoms with Crippen molar-refractivity contribution < 1.29 is 19.4 Å². The number of aromatic carboxylic acids is 1. The van der Waals surface area contributed by atoms with E-state index in [1.807, 2.05) is 24.3 Å². The quantitative estimate of drug-likeness (QED) is 0.829. The molecule has 0 fully saturated rings. The van der Waals surface area contributed by atoms with E-state index in [-0.39, 0.29) is 22.6 Å². The van der Waals surface area contributed by atoms with Crippen LogP contribution >= 0.6 is 11.6 Å². The SMILES string of the molecule is CC(C)(C)c1ccc(OCC(=O)Nc2ccc(Cl)c(C(=O)O)c2)cc1. The van der Waals surface area contributed by atoms with E-state index in [2.05, 4.69) is 26.1 Å². The van der Waals surface area contributed by atoms with Crippen LogP contribution in [-0.2, 0) is 10.2 Å². The first-order valence-corrected chi connectivity index (χ1v) is 8.10. The van der Waals surface area contributed by atoms with Crippen LogP contribution in [-0.4, -0.2) is 23.6 Å². The van der Waals surface area contributed by atoms with Crippen LogP contribution in [0.5, 0.6) is 5.75 Å². The molecule has 5 nitrogen and oxygen atoms in total. The minimum Gasteiger partial charge on any atom is -0.484 e. The fourth-order valence-electron chi connectivity index (χ4n) is 2.16. The molecule has 0 radical (unpaired) electrons. The van der Waals surface area contributed by atoms with Gasteiger partial charge in [-0.25, -0.2) is 4.79 Å². The number of ether oxygens (including phenoxy) is 1. The van der Waals surface area contributed by atoms with Gasteiger partial charge in [0.05, 0.1) is 10.6 Å². The lowest BCUT2D eigenvalue weighted by molar-refractivity contribution is -0.118. The summed E-state index contributed by atoms with van der Waals surface area (Å²) in [5.74, 6) is -0.958. The summed E-state index contributed by atoms with van der Waals surface area (Å²) >= 11 is 5.80. The highest BCUT2D eigenvalue weighted by atomic mass is 35.5. The summed E-state index contributed by atoms with van der Waals surface area (Å²) in [6.45, 7) is 6.18. The molecule has 0 atom stereocenters. The highest BCUT2D eigenvalue weighted by Gasteiger charge is 2.14. The number of hydrogen-bond acceptors (Lipinski definition) is 3. The predicted molar refractivity (Wildman–Crippen MR) is 97.7 cm³/mol. The lowest BCUT2D eigenvalue weighted by Crippen LogP contribution is -2.20. The van der Waals surface area contributed by atoms with Crippen molar-refractivity contribution in [3.05, 3.63) is 58.6 Å². The standard InChI is InChI=1S/C19H20ClNO4/c1-19(2,3)12-4-7-14(8-5-12)25-11-17(22)21-13-6-9-16(20)15(10-13)18(23)24/h4-10H,11H2,1-3H3,(H,21,22)(H,23,24). The zero-order chi connectivity index (χ0) is 18.6. The Hall–Kier alpha value is -2.53. The van der Waals surface area contributed by atoms with Gasteiger partial charge in [0.2, 0.25) is 0 Å². The molecule has 0 heterocycles. The molecule has 0 saturated carbocycles. The number of carboxylic acids is 1. The molecule has 0 aliphatic rings. The zero-order valence-electron chi connectivity index (χ0n) is 14.3. The fourth-order valence-corrected chi connectivity index (χ4v) is 2.36. The van der Waals surface area contributed by atoms with Crippen LogP contribution in [0.4, 0.5) is 5.69 Å². The highest BCUT2D eigenvalue weighted by molar-refractivity contribution is 6.33. The topological polar surface area (TPSA) is 75.6 Å². The number of hydrogen-bond donors (Lipinski definition) is 2. The Morgan fingerprint density at radius 2 is 1.76 bits per heavy atom. The van der Waals surface area contributed by atoms with Gasteiger partial charge in [0.1, 0.15) is 5.75 Å². The molecule has 0 aliphatic heterocycles. The zero-order valence-corrected chi connectivity index (χ0v) is 15.1. The molecule has 0 spiro atoms. The lowest BCUT2D eigenvalue weighted by atomic mass is 9.87. The van der Waals surface area contributed by atoms with Gasteiger partial charge in [-0.15, -0.1) is 0 Å². The minimum absolute atomic E-state index is 0.0480.